The molecule has 1 amide bonds. The molecule has 1 aliphatic heterocycles. The van der Waals surface area contributed by atoms with E-state index in [9.17, 15) is 4.79 Å². The normalized spacial score (nSPS) is 14.3. The van der Waals surface area contributed by atoms with E-state index < -0.39 is 0 Å². The number of carbonyl (C=O) groups excluding carboxylic acids is 1. The number of hydrogen-bond acceptors (Lipinski definition) is 4. The summed E-state index contributed by atoms with van der Waals surface area (Å²) >= 11 is 0. The SMILES string of the molecule is COc1ccc(/C=C/C(=O)N2CCN(Cc3ccccc3C)CC2)cc1COc1cccc(C)c1. The van der Waals surface area contributed by atoms with Crippen LogP contribution < -0.4 is 9.47 Å². The molecule has 0 N–H and O–H groups in total. The number of methoxy groups -OCH3 is 1. The van der Waals surface area contributed by atoms with Crippen molar-refractivity contribution in [1.29, 1.82) is 0 Å². The molecule has 3 aromatic carbocycles. The molecular formula is C30H34N2O3. The van der Waals surface area contributed by atoms with Crippen LogP contribution in [0.1, 0.15) is 27.8 Å². The van der Waals surface area contributed by atoms with E-state index in [-0.39, 0.29) is 5.91 Å². The van der Waals surface area contributed by atoms with Crippen molar-refractivity contribution in [2.45, 2.75) is 27.0 Å². The molecule has 0 aliphatic carbocycles. The van der Waals surface area contributed by atoms with Gasteiger partial charge in [0.2, 0.25) is 5.91 Å². The number of benzene rings is 3. The summed E-state index contributed by atoms with van der Waals surface area (Å²) < 4.78 is 11.5. The van der Waals surface area contributed by atoms with Crippen molar-refractivity contribution in [2.75, 3.05) is 33.3 Å². The summed E-state index contributed by atoms with van der Waals surface area (Å²) in [6.07, 6.45) is 3.54. The Balaban J connectivity index is 1.33. The largest absolute Gasteiger partial charge is 0.496 e. The Morgan fingerprint density at radius 3 is 2.46 bits per heavy atom. The predicted octanol–water partition coefficient (Wildman–Crippen LogP) is 5.25. The van der Waals surface area contributed by atoms with Gasteiger partial charge in [-0.2, -0.15) is 0 Å². The molecule has 35 heavy (non-hydrogen) atoms. The van der Waals surface area contributed by atoms with Gasteiger partial charge in [-0.3, -0.25) is 9.69 Å². The molecule has 4 rings (SSSR count). The Hall–Kier alpha value is -3.57. The third kappa shape index (κ3) is 6.74. The first kappa shape index (κ1) is 24.6. The van der Waals surface area contributed by atoms with Gasteiger partial charge in [0, 0.05) is 44.4 Å². The standard InChI is InChI=1S/C30H34N2O3/c1-23-7-6-10-28(19-23)35-22-27-20-25(11-13-29(27)34-3)12-14-30(33)32-17-15-31(16-18-32)21-26-9-5-4-8-24(26)2/h4-14,19-20H,15-18,21-22H2,1-3H3/b14-12+. The topological polar surface area (TPSA) is 42.0 Å². The first-order chi connectivity index (χ1) is 17.0. The second kappa shape index (κ2) is 11.7. The van der Waals surface area contributed by atoms with E-state index in [2.05, 4.69) is 36.1 Å². The fraction of sp³-hybridized carbons (Fsp3) is 0.300. The average Bonchev–Trinajstić information content (AvgIpc) is 2.88. The summed E-state index contributed by atoms with van der Waals surface area (Å²) in [6, 6.07) is 22.4. The van der Waals surface area contributed by atoms with E-state index in [1.807, 2.05) is 60.4 Å². The molecule has 0 spiro atoms. The summed E-state index contributed by atoms with van der Waals surface area (Å²) in [6.45, 7) is 8.78. The Morgan fingerprint density at radius 1 is 0.914 bits per heavy atom. The lowest BCUT2D eigenvalue weighted by atomic mass is 10.1. The highest BCUT2D eigenvalue weighted by Crippen LogP contribution is 2.23. The maximum Gasteiger partial charge on any atom is 0.246 e. The second-order valence-corrected chi connectivity index (χ2v) is 9.04. The number of amides is 1. The number of carbonyl (C=O) groups is 1. The van der Waals surface area contributed by atoms with Gasteiger partial charge in [-0.1, -0.05) is 42.5 Å². The zero-order chi connectivity index (χ0) is 24.6. The molecule has 0 radical (unpaired) electrons. The molecule has 0 unspecified atom stereocenters. The van der Waals surface area contributed by atoms with Crippen LogP contribution in [0.3, 0.4) is 0 Å². The van der Waals surface area contributed by atoms with Crippen molar-refractivity contribution in [1.82, 2.24) is 9.80 Å². The van der Waals surface area contributed by atoms with Gasteiger partial charge in [-0.15, -0.1) is 0 Å². The fourth-order valence-electron chi connectivity index (χ4n) is 4.31. The molecule has 3 aromatic rings. The van der Waals surface area contributed by atoms with Crippen LogP contribution in [0.4, 0.5) is 0 Å². The molecule has 1 fully saturated rings. The molecule has 1 aliphatic rings. The van der Waals surface area contributed by atoms with Gasteiger partial charge in [-0.05, 0) is 66.4 Å². The van der Waals surface area contributed by atoms with Crippen LogP contribution in [-0.2, 0) is 17.9 Å². The van der Waals surface area contributed by atoms with Gasteiger partial charge in [0.1, 0.15) is 18.1 Å². The van der Waals surface area contributed by atoms with Gasteiger partial charge in [0.05, 0.1) is 7.11 Å². The molecule has 0 bridgehead atoms. The van der Waals surface area contributed by atoms with Crippen LogP contribution in [0.25, 0.3) is 6.08 Å². The molecule has 0 atom stereocenters. The summed E-state index contributed by atoms with van der Waals surface area (Å²) in [4.78, 5) is 17.2. The van der Waals surface area contributed by atoms with Crippen LogP contribution in [0.2, 0.25) is 0 Å². The van der Waals surface area contributed by atoms with E-state index in [0.29, 0.717) is 6.61 Å². The number of ether oxygens (including phenoxy) is 2. The number of rotatable bonds is 8. The summed E-state index contributed by atoms with van der Waals surface area (Å²) in [5.41, 5.74) is 5.71. The van der Waals surface area contributed by atoms with E-state index in [0.717, 1.165) is 60.9 Å². The van der Waals surface area contributed by atoms with Crippen molar-refractivity contribution in [3.8, 4) is 11.5 Å². The molecular weight excluding hydrogens is 436 g/mol. The Bertz CT molecular complexity index is 1180. The van der Waals surface area contributed by atoms with Crippen molar-refractivity contribution in [3.05, 3.63) is 101 Å². The highest BCUT2D eigenvalue weighted by Gasteiger charge is 2.20. The minimum Gasteiger partial charge on any atom is -0.496 e. The minimum atomic E-state index is 0.0499. The highest BCUT2D eigenvalue weighted by atomic mass is 16.5. The number of aryl methyl sites for hydroxylation is 2. The smallest absolute Gasteiger partial charge is 0.246 e. The fourth-order valence-corrected chi connectivity index (χ4v) is 4.31. The third-order valence-corrected chi connectivity index (χ3v) is 6.45. The molecule has 0 aromatic heterocycles. The number of hydrogen-bond donors (Lipinski definition) is 0. The molecule has 1 heterocycles. The van der Waals surface area contributed by atoms with Crippen molar-refractivity contribution >= 4 is 12.0 Å². The van der Waals surface area contributed by atoms with E-state index in [4.69, 9.17) is 9.47 Å². The maximum atomic E-state index is 12.8. The van der Waals surface area contributed by atoms with E-state index in [1.54, 1.807) is 13.2 Å². The Kier molecular flexibility index (Phi) is 8.22. The number of piperazine rings is 1. The van der Waals surface area contributed by atoms with Gasteiger partial charge < -0.3 is 14.4 Å². The number of nitrogens with zero attached hydrogens (tertiary/aromatic N) is 2. The first-order valence-corrected chi connectivity index (χ1v) is 12.1. The lowest BCUT2D eigenvalue weighted by molar-refractivity contribution is -0.127. The summed E-state index contributed by atoms with van der Waals surface area (Å²) in [7, 11) is 1.66. The van der Waals surface area contributed by atoms with Crippen molar-refractivity contribution < 1.29 is 14.3 Å². The van der Waals surface area contributed by atoms with Crippen LogP contribution >= 0.6 is 0 Å². The van der Waals surface area contributed by atoms with Crippen molar-refractivity contribution in [2.24, 2.45) is 0 Å². The van der Waals surface area contributed by atoms with Crippen molar-refractivity contribution in [3.63, 3.8) is 0 Å². The molecule has 182 valence electrons. The van der Waals surface area contributed by atoms with Gasteiger partial charge in [0.25, 0.3) is 0 Å². The average molecular weight is 471 g/mol. The van der Waals surface area contributed by atoms with Gasteiger partial charge in [0.15, 0.2) is 0 Å². The summed E-state index contributed by atoms with van der Waals surface area (Å²) in [5.74, 6) is 1.64. The third-order valence-electron chi connectivity index (χ3n) is 6.45. The minimum absolute atomic E-state index is 0.0499. The van der Waals surface area contributed by atoms with E-state index in [1.165, 1.54) is 11.1 Å². The zero-order valence-electron chi connectivity index (χ0n) is 20.9. The lowest BCUT2D eigenvalue weighted by Gasteiger charge is -2.34. The predicted molar refractivity (Wildman–Crippen MR) is 141 cm³/mol. The van der Waals surface area contributed by atoms with Crippen LogP contribution in [-0.4, -0.2) is 49.0 Å². The maximum absolute atomic E-state index is 12.8. The van der Waals surface area contributed by atoms with E-state index >= 15 is 0 Å². The Morgan fingerprint density at radius 2 is 1.71 bits per heavy atom. The van der Waals surface area contributed by atoms with Gasteiger partial charge >= 0.3 is 0 Å². The second-order valence-electron chi connectivity index (χ2n) is 9.04. The van der Waals surface area contributed by atoms with Gasteiger partial charge in [-0.25, -0.2) is 0 Å². The molecule has 0 saturated carbocycles. The highest BCUT2D eigenvalue weighted by molar-refractivity contribution is 5.91. The van der Waals surface area contributed by atoms with Crippen LogP contribution in [0, 0.1) is 13.8 Å². The monoisotopic (exact) mass is 470 g/mol. The lowest BCUT2D eigenvalue weighted by Crippen LogP contribution is -2.47. The molecule has 5 heteroatoms. The molecule has 5 nitrogen and oxygen atoms in total. The van der Waals surface area contributed by atoms with Crippen LogP contribution in [0.5, 0.6) is 11.5 Å². The first-order valence-electron chi connectivity index (χ1n) is 12.1. The Labute approximate surface area is 208 Å². The quantitative estimate of drug-likeness (QED) is 0.422. The zero-order valence-corrected chi connectivity index (χ0v) is 20.9. The summed E-state index contributed by atoms with van der Waals surface area (Å²) in [5, 5.41) is 0. The molecule has 1 saturated heterocycles. The van der Waals surface area contributed by atoms with Crippen LogP contribution in [0.15, 0.2) is 72.8 Å².